The first-order valence-electron chi connectivity index (χ1n) is 6.91. The standard InChI is InChI=1S/C12H15N5O7S3/c1-17(9-13-10(23-2)15-11(14-9)24-3)12(18)16-27(21,22)7-5-6-25-8(7)26(4,19)20/h5-6H,1-4H3,(H,16,18). The molecule has 0 aliphatic carbocycles. The number of hydrogen-bond acceptors (Lipinski definition) is 11. The molecule has 2 aromatic rings. The van der Waals surface area contributed by atoms with Crippen molar-refractivity contribution in [1.82, 2.24) is 19.7 Å². The number of ether oxygens (including phenoxy) is 2. The largest absolute Gasteiger partial charge is 0.467 e. The fourth-order valence-electron chi connectivity index (χ4n) is 1.74. The van der Waals surface area contributed by atoms with Crippen molar-refractivity contribution < 1.29 is 31.1 Å². The summed E-state index contributed by atoms with van der Waals surface area (Å²) >= 11 is 0.727. The van der Waals surface area contributed by atoms with Crippen molar-refractivity contribution in [1.29, 1.82) is 0 Å². The van der Waals surface area contributed by atoms with Crippen molar-refractivity contribution in [3.8, 4) is 12.0 Å². The van der Waals surface area contributed by atoms with E-state index >= 15 is 0 Å². The van der Waals surface area contributed by atoms with E-state index in [0.29, 0.717) is 0 Å². The van der Waals surface area contributed by atoms with Gasteiger partial charge in [-0.2, -0.15) is 9.97 Å². The number of hydrogen-bond donors (Lipinski definition) is 1. The van der Waals surface area contributed by atoms with E-state index in [4.69, 9.17) is 9.47 Å². The van der Waals surface area contributed by atoms with Crippen molar-refractivity contribution in [3.05, 3.63) is 11.4 Å². The number of sulfonamides is 1. The Morgan fingerprint density at radius 3 is 2.15 bits per heavy atom. The molecule has 0 atom stereocenters. The molecule has 15 heteroatoms. The number of thiophene rings is 1. The number of rotatable bonds is 6. The van der Waals surface area contributed by atoms with Crippen LogP contribution in [0.4, 0.5) is 10.7 Å². The maximum atomic E-state index is 12.4. The summed E-state index contributed by atoms with van der Waals surface area (Å²) in [6, 6.07) is -0.352. The van der Waals surface area contributed by atoms with Gasteiger partial charge in [-0.3, -0.25) is 4.90 Å². The highest BCUT2D eigenvalue weighted by molar-refractivity contribution is 7.95. The number of carbonyl (C=O) groups excluding carboxylic acids is 1. The number of urea groups is 1. The highest BCUT2D eigenvalue weighted by Gasteiger charge is 2.29. The lowest BCUT2D eigenvalue weighted by Crippen LogP contribution is -2.41. The van der Waals surface area contributed by atoms with Crippen LogP contribution in [0.15, 0.2) is 20.6 Å². The molecule has 0 aliphatic heterocycles. The number of nitrogens with one attached hydrogen (secondary N) is 1. The van der Waals surface area contributed by atoms with E-state index in [2.05, 4.69) is 15.0 Å². The van der Waals surface area contributed by atoms with Gasteiger partial charge >= 0.3 is 18.1 Å². The molecule has 0 unspecified atom stereocenters. The first-order chi connectivity index (χ1) is 12.5. The zero-order chi connectivity index (χ0) is 20.4. The molecule has 0 radical (unpaired) electrons. The fourth-order valence-corrected chi connectivity index (χ4v) is 5.84. The third kappa shape index (κ3) is 4.61. The zero-order valence-electron chi connectivity index (χ0n) is 14.5. The highest BCUT2D eigenvalue weighted by Crippen LogP contribution is 2.26. The Balaban J connectivity index is 2.33. The average molecular weight is 437 g/mol. The van der Waals surface area contributed by atoms with Crippen molar-refractivity contribution >= 4 is 43.2 Å². The van der Waals surface area contributed by atoms with Crippen LogP contribution in [0.1, 0.15) is 0 Å². The van der Waals surface area contributed by atoms with Gasteiger partial charge in [-0.05, 0) is 11.4 Å². The van der Waals surface area contributed by atoms with Gasteiger partial charge < -0.3 is 9.47 Å². The van der Waals surface area contributed by atoms with Crippen LogP contribution in [0.2, 0.25) is 0 Å². The molecule has 0 fully saturated rings. The molecule has 2 amide bonds. The third-order valence-electron chi connectivity index (χ3n) is 3.00. The van der Waals surface area contributed by atoms with E-state index in [1.54, 1.807) is 4.72 Å². The van der Waals surface area contributed by atoms with Gasteiger partial charge in [0.1, 0.15) is 9.10 Å². The van der Waals surface area contributed by atoms with Crippen LogP contribution in [-0.4, -0.2) is 65.3 Å². The second-order valence-electron chi connectivity index (χ2n) is 4.92. The number of nitrogens with zero attached hydrogens (tertiary/aromatic N) is 4. The Labute approximate surface area is 159 Å². The summed E-state index contributed by atoms with van der Waals surface area (Å²) in [5.74, 6) is -0.250. The Morgan fingerprint density at radius 2 is 1.67 bits per heavy atom. The van der Waals surface area contributed by atoms with Gasteiger partial charge in [-0.25, -0.2) is 26.4 Å². The van der Waals surface area contributed by atoms with Crippen LogP contribution in [0.3, 0.4) is 0 Å². The molecule has 0 saturated heterocycles. The van der Waals surface area contributed by atoms with E-state index in [-0.39, 0.29) is 22.2 Å². The van der Waals surface area contributed by atoms with E-state index in [9.17, 15) is 21.6 Å². The quantitative estimate of drug-likeness (QED) is 0.646. The minimum Gasteiger partial charge on any atom is -0.467 e. The predicted molar refractivity (Wildman–Crippen MR) is 94.5 cm³/mol. The molecule has 0 aromatic carbocycles. The summed E-state index contributed by atoms with van der Waals surface area (Å²) in [6.07, 6.45) is 0.870. The lowest BCUT2D eigenvalue weighted by Gasteiger charge is -2.16. The van der Waals surface area contributed by atoms with Crippen LogP contribution in [-0.2, 0) is 19.9 Å². The van der Waals surface area contributed by atoms with Crippen molar-refractivity contribution in [3.63, 3.8) is 0 Å². The Bertz CT molecular complexity index is 1040. The van der Waals surface area contributed by atoms with Crippen LogP contribution in [0.25, 0.3) is 0 Å². The number of amides is 2. The molecule has 0 bridgehead atoms. The van der Waals surface area contributed by atoms with Crippen molar-refractivity contribution in [2.24, 2.45) is 0 Å². The van der Waals surface area contributed by atoms with Gasteiger partial charge in [0, 0.05) is 13.3 Å². The van der Waals surface area contributed by atoms with Crippen LogP contribution in [0, 0.1) is 0 Å². The minimum absolute atomic E-state index is 0.156. The number of carbonyl (C=O) groups is 1. The lowest BCUT2D eigenvalue weighted by molar-refractivity contribution is 0.251. The zero-order valence-corrected chi connectivity index (χ0v) is 17.0. The molecule has 148 valence electrons. The predicted octanol–water partition coefficient (Wildman–Crippen LogP) is -0.111. The Kier molecular flexibility index (Phi) is 5.86. The first kappa shape index (κ1) is 20.8. The van der Waals surface area contributed by atoms with Gasteiger partial charge in [-0.1, -0.05) is 0 Å². The molecule has 0 aliphatic rings. The molecule has 27 heavy (non-hydrogen) atoms. The second-order valence-corrected chi connectivity index (χ2v) is 9.70. The van der Waals surface area contributed by atoms with Gasteiger partial charge in [0.2, 0.25) is 5.95 Å². The molecule has 1 N–H and O–H groups in total. The van der Waals surface area contributed by atoms with Crippen molar-refractivity contribution in [2.45, 2.75) is 9.10 Å². The molecule has 2 rings (SSSR count). The summed E-state index contributed by atoms with van der Waals surface area (Å²) in [4.78, 5) is 24.0. The minimum atomic E-state index is -4.46. The first-order valence-corrected chi connectivity index (χ1v) is 11.2. The van der Waals surface area contributed by atoms with Gasteiger partial charge in [0.05, 0.1) is 14.2 Å². The summed E-state index contributed by atoms with van der Waals surface area (Å²) in [6.45, 7) is 0. The molecule has 2 heterocycles. The Morgan fingerprint density at radius 1 is 1.11 bits per heavy atom. The second kappa shape index (κ2) is 7.61. The number of anilines is 1. The Hall–Kier alpha value is -2.52. The summed E-state index contributed by atoms with van der Waals surface area (Å²) in [7, 11) is -4.48. The summed E-state index contributed by atoms with van der Waals surface area (Å²) in [5.41, 5.74) is 0. The molecule has 0 spiro atoms. The third-order valence-corrected chi connectivity index (χ3v) is 7.41. The van der Waals surface area contributed by atoms with Crippen LogP contribution in [0.5, 0.6) is 12.0 Å². The van der Waals surface area contributed by atoms with E-state index in [0.717, 1.165) is 28.6 Å². The SMILES string of the molecule is COc1nc(OC)nc(N(C)C(=O)NS(=O)(=O)c2ccsc2S(C)(=O)=O)n1. The topological polar surface area (TPSA) is 158 Å². The molecular formula is C12H15N5O7S3. The molecule has 0 saturated carbocycles. The number of methoxy groups -OCH3 is 2. The van der Waals surface area contributed by atoms with Crippen LogP contribution >= 0.6 is 11.3 Å². The van der Waals surface area contributed by atoms with Crippen molar-refractivity contribution in [2.75, 3.05) is 32.4 Å². The summed E-state index contributed by atoms with van der Waals surface area (Å²) < 4.78 is 59.4. The molecular weight excluding hydrogens is 422 g/mol. The fraction of sp³-hybridized carbons (Fsp3) is 0.333. The monoisotopic (exact) mass is 437 g/mol. The number of aromatic nitrogens is 3. The average Bonchev–Trinajstić information content (AvgIpc) is 3.11. The van der Waals surface area contributed by atoms with Crippen LogP contribution < -0.4 is 19.1 Å². The van der Waals surface area contributed by atoms with Gasteiger partial charge in [0.15, 0.2) is 9.84 Å². The molecule has 12 nitrogen and oxygen atoms in total. The number of sulfone groups is 1. The van der Waals surface area contributed by atoms with E-state index in [1.165, 1.54) is 26.6 Å². The normalized spacial score (nSPS) is 11.7. The summed E-state index contributed by atoms with van der Waals surface area (Å²) in [5, 5.41) is 1.29. The maximum absolute atomic E-state index is 12.4. The van der Waals surface area contributed by atoms with E-state index in [1.807, 2.05) is 0 Å². The smallest absolute Gasteiger partial charge is 0.337 e. The maximum Gasteiger partial charge on any atom is 0.337 e. The lowest BCUT2D eigenvalue weighted by atomic mass is 10.7. The van der Waals surface area contributed by atoms with E-state index < -0.39 is 30.8 Å². The molecule has 2 aromatic heterocycles. The van der Waals surface area contributed by atoms with Gasteiger partial charge in [0.25, 0.3) is 10.0 Å². The van der Waals surface area contributed by atoms with Gasteiger partial charge in [-0.15, -0.1) is 16.3 Å². The highest BCUT2D eigenvalue weighted by atomic mass is 32.2.